The van der Waals surface area contributed by atoms with Crippen molar-refractivity contribution in [2.24, 2.45) is 0 Å². The average molecular weight is 343 g/mol. The third kappa shape index (κ3) is 4.10. The number of para-hydroxylation sites is 1. The summed E-state index contributed by atoms with van der Waals surface area (Å²) >= 11 is 5.43. The normalized spacial score (nSPS) is 15.3. The number of rotatable bonds is 3. The van der Waals surface area contributed by atoms with Crippen LogP contribution in [0.5, 0.6) is 0 Å². The summed E-state index contributed by atoms with van der Waals surface area (Å²) < 4.78 is 13.7. The second-order valence-corrected chi connectivity index (χ2v) is 6.49. The van der Waals surface area contributed by atoms with Crippen LogP contribution in [-0.4, -0.2) is 41.1 Å². The molecule has 0 unspecified atom stereocenters. The highest BCUT2D eigenvalue weighted by Crippen LogP contribution is 2.15. The fourth-order valence-corrected chi connectivity index (χ4v) is 3.19. The van der Waals surface area contributed by atoms with Gasteiger partial charge in [-0.3, -0.25) is 4.90 Å². The molecular weight excluding hydrogens is 321 g/mol. The molecule has 0 saturated carbocycles. The lowest BCUT2D eigenvalue weighted by Crippen LogP contribution is -2.49. The number of piperazine rings is 1. The number of anilines is 1. The minimum Gasteiger partial charge on any atom is -0.346 e. The van der Waals surface area contributed by atoms with Gasteiger partial charge < -0.3 is 10.2 Å². The predicted molar refractivity (Wildman–Crippen MR) is 101 cm³/mol. The number of nitrogens with one attached hydrogen (secondary N) is 1. The molecule has 5 heteroatoms. The van der Waals surface area contributed by atoms with Crippen LogP contribution in [0.1, 0.15) is 11.1 Å². The summed E-state index contributed by atoms with van der Waals surface area (Å²) in [5.74, 6) is -0.280. The summed E-state index contributed by atoms with van der Waals surface area (Å²) in [7, 11) is 0. The van der Waals surface area contributed by atoms with Gasteiger partial charge in [0.2, 0.25) is 0 Å². The fourth-order valence-electron chi connectivity index (χ4n) is 2.89. The summed E-state index contributed by atoms with van der Waals surface area (Å²) in [6, 6.07) is 15.1. The van der Waals surface area contributed by atoms with E-state index in [0.717, 1.165) is 32.7 Å². The van der Waals surface area contributed by atoms with Crippen molar-refractivity contribution in [3.05, 3.63) is 65.5 Å². The van der Waals surface area contributed by atoms with Crippen LogP contribution in [0.2, 0.25) is 0 Å². The maximum Gasteiger partial charge on any atom is 0.173 e. The van der Waals surface area contributed by atoms with Crippen molar-refractivity contribution in [2.75, 3.05) is 31.5 Å². The van der Waals surface area contributed by atoms with Gasteiger partial charge in [-0.2, -0.15) is 0 Å². The first-order chi connectivity index (χ1) is 11.6. The van der Waals surface area contributed by atoms with Gasteiger partial charge in [0.1, 0.15) is 5.82 Å². The molecule has 0 aliphatic carbocycles. The minimum absolute atomic E-state index is 0.280. The first-order valence-electron chi connectivity index (χ1n) is 8.21. The third-order valence-electron chi connectivity index (χ3n) is 4.43. The molecule has 1 N–H and O–H groups in total. The van der Waals surface area contributed by atoms with E-state index in [0.29, 0.717) is 10.8 Å². The van der Waals surface area contributed by atoms with Gasteiger partial charge in [0.15, 0.2) is 5.11 Å². The molecule has 1 saturated heterocycles. The number of halogens is 1. The Morgan fingerprint density at radius 2 is 1.71 bits per heavy atom. The van der Waals surface area contributed by atoms with Crippen molar-refractivity contribution in [3.63, 3.8) is 0 Å². The quantitative estimate of drug-likeness (QED) is 0.857. The van der Waals surface area contributed by atoms with E-state index >= 15 is 0 Å². The SMILES string of the molecule is Cc1ccccc1CN1CCN(C(=S)Nc2ccccc2F)CC1. The second-order valence-electron chi connectivity index (χ2n) is 6.10. The van der Waals surface area contributed by atoms with E-state index in [1.807, 2.05) is 0 Å². The number of nitrogens with zero attached hydrogens (tertiary/aromatic N) is 2. The molecule has 0 spiro atoms. The molecule has 0 radical (unpaired) electrons. The Morgan fingerprint density at radius 3 is 2.42 bits per heavy atom. The van der Waals surface area contributed by atoms with Gasteiger partial charge in [-0.25, -0.2) is 4.39 Å². The molecule has 126 valence electrons. The zero-order valence-corrected chi connectivity index (χ0v) is 14.7. The highest BCUT2D eigenvalue weighted by atomic mass is 32.1. The van der Waals surface area contributed by atoms with E-state index < -0.39 is 0 Å². The first-order valence-corrected chi connectivity index (χ1v) is 8.61. The number of benzene rings is 2. The van der Waals surface area contributed by atoms with Gasteiger partial charge in [-0.1, -0.05) is 36.4 Å². The molecule has 1 aliphatic heterocycles. The van der Waals surface area contributed by atoms with Crippen LogP contribution < -0.4 is 5.32 Å². The molecular formula is C19H22FN3S. The molecule has 24 heavy (non-hydrogen) atoms. The first kappa shape index (κ1) is 16.9. The number of aryl methyl sites for hydroxylation is 1. The molecule has 1 fully saturated rings. The maximum atomic E-state index is 13.7. The van der Waals surface area contributed by atoms with Crippen molar-refractivity contribution in [3.8, 4) is 0 Å². The zero-order chi connectivity index (χ0) is 16.9. The maximum absolute atomic E-state index is 13.7. The summed E-state index contributed by atoms with van der Waals surface area (Å²) in [5.41, 5.74) is 3.14. The smallest absolute Gasteiger partial charge is 0.173 e. The standard InChI is InChI=1S/C19H22FN3S/c1-15-6-2-3-7-16(15)14-22-10-12-23(13-11-22)19(24)21-18-9-5-4-8-17(18)20/h2-9H,10-14H2,1H3,(H,21,24). The highest BCUT2D eigenvalue weighted by molar-refractivity contribution is 7.80. The lowest BCUT2D eigenvalue weighted by atomic mass is 10.1. The molecule has 0 aromatic heterocycles. The number of thiocarbonyl (C=S) groups is 1. The molecule has 0 atom stereocenters. The van der Waals surface area contributed by atoms with Gasteiger partial charge in [-0.15, -0.1) is 0 Å². The molecule has 0 amide bonds. The van der Waals surface area contributed by atoms with Crippen LogP contribution in [0.3, 0.4) is 0 Å². The fraction of sp³-hybridized carbons (Fsp3) is 0.316. The molecule has 2 aromatic carbocycles. The van der Waals surface area contributed by atoms with Crippen molar-refractivity contribution in [1.29, 1.82) is 0 Å². The van der Waals surface area contributed by atoms with E-state index in [4.69, 9.17) is 12.2 Å². The van der Waals surface area contributed by atoms with Gasteiger partial charge in [-0.05, 0) is 42.4 Å². The molecule has 3 rings (SSSR count). The van der Waals surface area contributed by atoms with Crippen LogP contribution in [-0.2, 0) is 6.54 Å². The number of hydrogen-bond donors (Lipinski definition) is 1. The lowest BCUT2D eigenvalue weighted by molar-refractivity contribution is 0.176. The van der Waals surface area contributed by atoms with Crippen LogP contribution in [0.15, 0.2) is 48.5 Å². The van der Waals surface area contributed by atoms with Crippen molar-refractivity contribution >= 4 is 23.0 Å². The van der Waals surface area contributed by atoms with Crippen molar-refractivity contribution in [2.45, 2.75) is 13.5 Å². The Hall–Kier alpha value is -1.98. The van der Waals surface area contributed by atoms with Gasteiger partial charge in [0.05, 0.1) is 5.69 Å². The molecule has 3 nitrogen and oxygen atoms in total. The molecule has 2 aromatic rings. The minimum atomic E-state index is -0.280. The predicted octanol–water partition coefficient (Wildman–Crippen LogP) is 3.65. The molecule has 1 aliphatic rings. The van der Waals surface area contributed by atoms with Crippen molar-refractivity contribution in [1.82, 2.24) is 9.80 Å². The lowest BCUT2D eigenvalue weighted by Gasteiger charge is -2.36. The van der Waals surface area contributed by atoms with Crippen LogP contribution >= 0.6 is 12.2 Å². The number of hydrogen-bond acceptors (Lipinski definition) is 2. The van der Waals surface area contributed by atoms with Crippen LogP contribution in [0.4, 0.5) is 10.1 Å². The van der Waals surface area contributed by atoms with E-state index in [1.165, 1.54) is 17.2 Å². The van der Waals surface area contributed by atoms with E-state index in [-0.39, 0.29) is 5.82 Å². The summed E-state index contributed by atoms with van der Waals surface area (Å²) in [4.78, 5) is 4.54. The Balaban J connectivity index is 1.52. The third-order valence-corrected chi connectivity index (χ3v) is 4.79. The topological polar surface area (TPSA) is 18.5 Å². The average Bonchev–Trinajstić information content (AvgIpc) is 2.59. The Labute approximate surface area is 148 Å². The van der Waals surface area contributed by atoms with E-state index in [1.54, 1.807) is 18.2 Å². The Bertz CT molecular complexity index is 711. The summed E-state index contributed by atoms with van der Waals surface area (Å²) in [6.07, 6.45) is 0. The summed E-state index contributed by atoms with van der Waals surface area (Å²) in [6.45, 7) is 6.73. The Kier molecular flexibility index (Phi) is 5.43. The summed E-state index contributed by atoms with van der Waals surface area (Å²) in [5, 5.41) is 3.61. The zero-order valence-electron chi connectivity index (χ0n) is 13.8. The van der Waals surface area contributed by atoms with Crippen LogP contribution in [0.25, 0.3) is 0 Å². The largest absolute Gasteiger partial charge is 0.346 e. The van der Waals surface area contributed by atoms with Gasteiger partial charge in [0, 0.05) is 32.7 Å². The highest BCUT2D eigenvalue weighted by Gasteiger charge is 2.19. The van der Waals surface area contributed by atoms with Gasteiger partial charge in [0.25, 0.3) is 0 Å². The van der Waals surface area contributed by atoms with Crippen molar-refractivity contribution < 1.29 is 4.39 Å². The van der Waals surface area contributed by atoms with E-state index in [9.17, 15) is 4.39 Å². The van der Waals surface area contributed by atoms with Crippen LogP contribution in [0, 0.1) is 12.7 Å². The Morgan fingerprint density at radius 1 is 1.04 bits per heavy atom. The monoisotopic (exact) mass is 343 g/mol. The van der Waals surface area contributed by atoms with E-state index in [2.05, 4.69) is 46.3 Å². The molecule has 1 heterocycles. The molecule has 0 bridgehead atoms. The van der Waals surface area contributed by atoms with Gasteiger partial charge >= 0.3 is 0 Å². The second kappa shape index (κ2) is 7.73.